The van der Waals surface area contributed by atoms with Crippen molar-refractivity contribution in [1.82, 2.24) is 4.31 Å². The van der Waals surface area contributed by atoms with Crippen LogP contribution in [0.2, 0.25) is 0 Å². The van der Waals surface area contributed by atoms with Gasteiger partial charge in [0.25, 0.3) is 0 Å². The lowest BCUT2D eigenvalue weighted by molar-refractivity contribution is 0.0602. The smallest absolute Gasteiger partial charge is 0.349 e. The molecule has 0 aliphatic carbocycles. The number of hydrogen-bond donors (Lipinski definition) is 1. The van der Waals surface area contributed by atoms with E-state index in [1.54, 1.807) is 12.3 Å². The van der Waals surface area contributed by atoms with Crippen LogP contribution < -0.4 is 0 Å². The first kappa shape index (κ1) is 16.4. The normalized spacial score (nSPS) is 20.4. The van der Waals surface area contributed by atoms with Crippen LogP contribution in [0.3, 0.4) is 0 Å². The second kappa shape index (κ2) is 6.43. The molecule has 118 valence electrons. The number of rotatable bonds is 4. The van der Waals surface area contributed by atoms with Crippen LogP contribution in [0.25, 0.3) is 0 Å². The van der Waals surface area contributed by atoms with Gasteiger partial charge >= 0.3 is 5.97 Å². The zero-order chi connectivity index (χ0) is 15.6. The van der Waals surface area contributed by atoms with Gasteiger partial charge in [-0.25, -0.2) is 13.2 Å². The van der Waals surface area contributed by atoms with Gasteiger partial charge in [-0.1, -0.05) is 6.42 Å². The van der Waals surface area contributed by atoms with Gasteiger partial charge in [0.1, 0.15) is 9.77 Å². The Labute approximate surface area is 128 Å². The Bertz CT molecular complexity index is 623. The topological polar surface area (TPSA) is 83.9 Å². The van der Waals surface area contributed by atoms with Crippen LogP contribution in [-0.4, -0.2) is 50.1 Å². The highest BCUT2D eigenvalue weighted by molar-refractivity contribution is 7.89. The lowest BCUT2D eigenvalue weighted by Crippen LogP contribution is -2.45. The highest BCUT2D eigenvalue weighted by atomic mass is 32.2. The van der Waals surface area contributed by atoms with Crippen molar-refractivity contribution in [2.24, 2.45) is 0 Å². The molecule has 1 saturated heterocycles. The SMILES string of the molecule is COC(=O)c1scc(C)c1S(=O)(=O)N1CCCCC1CO. The van der Waals surface area contributed by atoms with Crippen LogP contribution in [0.4, 0.5) is 0 Å². The fraction of sp³-hybridized carbons (Fsp3) is 0.615. The fourth-order valence-electron chi connectivity index (χ4n) is 2.58. The number of aliphatic hydroxyl groups excluding tert-OH is 1. The van der Waals surface area contributed by atoms with Crippen molar-refractivity contribution in [1.29, 1.82) is 0 Å². The molecule has 21 heavy (non-hydrogen) atoms. The van der Waals surface area contributed by atoms with E-state index in [1.165, 1.54) is 11.4 Å². The van der Waals surface area contributed by atoms with Crippen molar-refractivity contribution in [3.8, 4) is 0 Å². The quantitative estimate of drug-likeness (QED) is 0.842. The standard InChI is InChI=1S/C13H19NO5S2/c1-9-8-20-11(13(16)19-2)12(9)21(17,18)14-6-4-3-5-10(14)7-15/h8,10,15H,3-7H2,1-2H3. The van der Waals surface area contributed by atoms with Gasteiger partial charge in [0, 0.05) is 12.6 Å². The average Bonchev–Trinajstić information content (AvgIpc) is 2.88. The Morgan fingerprint density at radius 2 is 2.24 bits per heavy atom. The molecule has 0 amide bonds. The maximum atomic E-state index is 12.9. The Morgan fingerprint density at radius 3 is 2.86 bits per heavy atom. The maximum absolute atomic E-state index is 12.9. The van der Waals surface area contributed by atoms with Crippen LogP contribution in [0.1, 0.15) is 34.5 Å². The number of piperidine rings is 1. The lowest BCUT2D eigenvalue weighted by Gasteiger charge is -2.33. The number of nitrogens with zero attached hydrogens (tertiary/aromatic N) is 1. The van der Waals surface area contributed by atoms with Crippen molar-refractivity contribution >= 4 is 27.3 Å². The summed E-state index contributed by atoms with van der Waals surface area (Å²) >= 11 is 1.07. The molecule has 6 nitrogen and oxygen atoms in total. The summed E-state index contributed by atoms with van der Waals surface area (Å²) in [5, 5.41) is 11.1. The number of thiophene rings is 1. The van der Waals surface area contributed by atoms with Crippen molar-refractivity contribution in [2.45, 2.75) is 37.1 Å². The minimum absolute atomic E-state index is 0.0136. The Morgan fingerprint density at radius 1 is 1.52 bits per heavy atom. The van der Waals surface area contributed by atoms with Gasteiger partial charge in [-0.2, -0.15) is 4.31 Å². The largest absolute Gasteiger partial charge is 0.465 e. The van der Waals surface area contributed by atoms with Gasteiger partial charge in [-0.05, 0) is 30.7 Å². The lowest BCUT2D eigenvalue weighted by atomic mass is 10.1. The Balaban J connectivity index is 2.48. The van der Waals surface area contributed by atoms with Gasteiger partial charge in [0.15, 0.2) is 0 Å². The highest BCUT2D eigenvalue weighted by Gasteiger charge is 2.37. The molecular weight excluding hydrogens is 314 g/mol. The second-order valence-electron chi connectivity index (χ2n) is 5.02. The van der Waals surface area contributed by atoms with E-state index in [0.29, 0.717) is 18.5 Å². The third kappa shape index (κ3) is 2.98. The summed E-state index contributed by atoms with van der Waals surface area (Å²) in [6.07, 6.45) is 2.28. The summed E-state index contributed by atoms with van der Waals surface area (Å²) in [5.74, 6) is -0.649. The Kier molecular flexibility index (Phi) is 5.03. The van der Waals surface area contributed by atoms with E-state index in [-0.39, 0.29) is 16.4 Å². The van der Waals surface area contributed by atoms with Crippen LogP contribution in [-0.2, 0) is 14.8 Å². The monoisotopic (exact) mass is 333 g/mol. The van der Waals surface area contributed by atoms with Crippen molar-refractivity contribution in [3.63, 3.8) is 0 Å². The van der Waals surface area contributed by atoms with E-state index in [2.05, 4.69) is 4.74 Å². The Hall–Kier alpha value is -0.960. The van der Waals surface area contributed by atoms with Gasteiger partial charge in [-0.3, -0.25) is 0 Å². The molecule has 0 aromatic carbocycles. The first-order valence-corrected chi connectivity index (χ1v) is 9.04. The van der Waals surface area contributed by atoms with Crippen LogP contribution in [0.15, 0.2) is 10.3 Å². The number of carbonyl (C=O) groups excluding carboxylic acids is 1. The third-order valence-corrected chi connectivity index (χ3v) is 6.99. The molecule has 0 saturated carbocycles. The van der Waals surface area contributed by atoms with Crippen LogP contribution in [0.5, 0.6) is 0 Å². The van der Waals surface area contributed by atoms with Crippen LogP contribution >= 0.6 is 11.3 Å². The van der Waals surface area contributed by atoms with E-state index in [1.807, 2.05) is 0 Å². The predicted molar refractivity (Wildman–Crippen MR) is 79.0 cm³/mol. The molecule has 2 rings (SSSR count). The number of methoxy groups -OCH3 is 1. The molecule has 0 bridgehead atoms. The van der Waals surface area contributed by atoms with E-state index in [9.17, 15) is 18.3 Å². The summed E-state index contributed by atoms with van der Waals surface area (Å²) in [7, 11) is -2.59. The summed E-state index contributed by atoms with van der Waals surface area (Å²) in [6.45, 7) is 1.81. The van der Waals surface area contributed by atoms with E-state index in [0.717, 1.165) is 24.2 Å². The molecule has 2 heterocycles. The number of ether oxygens (including phenoxy) is 1. The van der Waals surface area contributed by atoms with E-state index < -0.39 is 22.0 Å². The minimum Gasteiger partial charge on any atom is -0.465 e. The number of aliphatic hydroxyl groups is 1. The van der Waals surface area contributed by atoms with E-state index in [4.69, 9.17) is 0 Å². The molecule has 8 heteroatoms. The third-order valence-electron chi connectivity index (χ3n) is 3.64. The number of hydrogen-bond acceptors (Lipinski definition) is 6. The minimum atomic E-state index is -3.81. The number of esters is 1. The van der Waals surface area contributed by atoms with Crippen LogP contribution in [0, 0.1) is 6.92 Å². The molecule has 1 atom stereocenters. The fourth-order valence-corrected chi connectivity index (χ4v) is 5.92. The first-order valence-electron chi connectivity index (χ1n) is 6.72. The molecule has 1 N–H and O–H groups in total. The zero-order valence-corrected chi connectivity index (χ0v) is 13.7. The number of carbonyl (C=O) groups is 1. The number of sulfonamides is 1. The maximum Gasteiger partial charge on any atom is 0.349 e. The molecule has 1 aromatic heterocycles. The molecular formula is C13H19NO5S2. The van der Waals surface area contributed by atoms with Crippen molar-refractivity contribution in [2.75, 3.05) is 20.3 Å². The van der Waals surface area contributed by atoms with Gasteiger partial charge in [-0.15, -0.1) is 11.3 Å². The van der Waals surface area contributed by atoms with Gasteiger partial charge < -0.3 is 9.84 Å². The molecule has 1 unspecified atom stereocenters. The highest BCUT2D eigenvalue weighted by Crippen LogP contribution is 2.33. The van der Waals surface area contributed by atoms with Crippen molar-refractivity contribution < 1.29 is 23.1 Å². The molecule has 0 radical (unpaired) electrons. The van der Waals surface area contributed by atoms with Gasteiger partial charge in [0.2, 0.25) is 10.0 Å². The molecule has 1 aromatic rings. The second-order valence-corrected chi connectivity index (χ2v) is 7.72. The number of aryl methyl sites for hydroxylation is 1. The summed E-state index contributed by atoms with van der Waals surface area (Å²) in [4.78, 5) is 11.9. The summed E-state index contributed by atoms with van der Waals surface area (Å²) in [6, 6.07) is -0.423. The molecule has 1 fully saturated rings. The zero-order valence-electron chi connectivity index (χ0n) is 12.0. The van der Waals surface area contributed by atoms with Crippen molar-refractivity contribution in [3.05, 3.63) is 15.8 Å². The van der Waals surface area contributed by atoms with Gasteiger partial charge in [0.05, 0.1) is 13.7 Å². The predicted octanol–water partition coefficient (Wildman–Crippen LogP) is 1.38. The summed E-state index contributed by atoms with van der Waals surface area (Å²) < 4.78 is 31.8. The van der Waals surface area contributed by atoms with E-state index >= 15 is 0 Å². The average molecular weight is 333 g/mol. The summed E-state index contributed by atoms with van der Waals surface area (Å²) in [5.41, 5.74) is 0.530. The molecule has 0 spiro atoms. The molecule has 1 aliphatic heterocycles. The molecule has 1 aliphatic rings. The first-order chi connectivity index (χ1) is 9.93.